The Morgan fingerprint density at radius 3 is 2.81 bits per heavy atom. The van der Waals surface area contributed by atoms with E-state index in [0.29, 0.717) is 22.4 Å². The normalized spacial score (nSPS) is 10.7. The fourth-order valence-electron chi connectivity index (χ4n) is 2.48. The minimum Gasteiger partial charge on any atom is -0.467 e. The fourth-order valence-corrected chi connectivity index (χ4v) is 2.48. The molecule has 0 atom stereocenters. The van der Waals surface area contributed by atoms with Gasteiger partial charge in [0, 0.05) is 18.5 Å². The Hall–Kier alpha value is -3.22. The lowest BCUT2D eigenvalue weighted by Gasteiger charge is -2.16. The minimum atomic E-state index is -0.652. The summed E-state index contributed by atoms with van der Waals surface area (Å²) in [5.74, 6) is -0.775. The average Bonchev–Trinajstić information content (AvgIpc) is 3.11. The van der Waals surface area contributed by atoms with Crippen molar-refractivity contribution in [2.24, 2.45) is 0 Å². The SMILES string of the molecule is Cc1nc2cc(F)ccc2cc1C(=O)OCC(=O)N(C)Cc1ccco1. The van der Waals surface area contributed by atoms with Crippen LogP contribution in [0.5, 0.6) is 0 Å². The van der Waals surface area contributed by atoms with Crippen molar-refractivity contribution in [1.29, 1.82) is 0 Å². The second-order valence-corrected chi connectivity index (χ2v) is 5.86. The molecule has 7 heteroatoms. The number of aromatic nitrogens is 1. The van der Waals surface area contributed by atoms with Crippen LogP contribution in [-0.2, 0) is 16.1 Å². The van der Waals surface area contributed by atoms with E-state index in [9.17, 15) is 14.0 Å². The molecule has 6 nitrogen and oxygen atoms in total. The maximum absolute atomic E-state index is 13.3. The van der Waals surface area contributed by atoms with E-state index in [1.54, 1.807) is 32.2 Å². The van der Waals surface area contributed by atoms with E-state index < -0.39 is 18.4 Å². The number of carbonyl (C=O) groups is 2. The van der Waals surface area contributed by atoms with Crippen molar-refractivity contribution in [2.75, 3.05) is 13.7 Å². The van der Waals surface area contributed by atoms with Crippen molar-refractivity contribution < 1.29 is 23.1 Å². The fraction of sp³-hybridized carbons (Fsp3) is 0.211. The van der Waals surface area contributed by atoms with Gasteiger partial charge in [-0.05, 0) is 37.3 Å². The van der Waals surface area contributed by atoms with Gasteiger partial charge in [-0.15, -0.1) is 0 Å². The number of benzene rings is 1. The Morgan fingerprint density at radius 1 is 1.27 bits per heavy atom. The third-order valence-electron chi connectivity index (χ3n) is 3.92. The average molecular weight is 356 g/mol. The first-order valence-electron chi connectivity index (χ1n) is 7.94. The smallest absolute Gasteiger partial charge is 0.340 e. The molecule has 0 saturated carbocycles. The maximum atomic E-state index is 13.3. The summed E-state index contributed by atoms with van der Waals surface area (Å²) in [5, 5.41) is 0.616. The first-order chi connectivity index (χ1) is 12.4. The Balaban J connectivity index is 1.66. The second-order valence-electron chi connectivity index (χ2n) is 5.86. The number of carbonyl (C=O) groups excluding carboxylic acids is 2. The lowest BCUT2D eigenvalue weighted by Crippen LogP contribution is -2.30. The van der Waals surface area contributed by atoms with E-state index in [4.69, 9.17) is 9.15 Å². The first-order valence-corrected chi connectivity index (χ1v) is 7.94. The van der Waals surface area contributed by atoms with E-state index in [0.717, 1.165) is 0 Å². The van der Waals surface area contributed by atoms with Crippen LogP contribution >= 0.6 is 0 Å². The standard InChI is InChI=1S/C19H17FN2O4/c1-12-16(8-13-5-6-14(20)9-17(13)21-12)19(24)26-11-18(23)22(2)10-15-4-3-7-25-15/h3-9H,10-11H2,1-2H3. The molecule has 0 N–H and O–H groups in total. The zero-order chi connectivity index (χ0) is 18.7. The number of ether oxygens (including phenoxy) is 1. The van der Waals surface area contributed by atoms with Gasteiger partial charge in [-0.25, -0.2) is 9.18 Å². The summed E-state index contributed by atoms with van der Waals surface area (Å²) in [4.78, 5) is 30.0. The number of furan rings is 1. The highest BCUT2D eigenvalue weighted by molar-refractivity contribution is 5.96. The predicted molar refractivity (Wildman–Crippen MR) is 91.9 cm³/mol. The lowest BCUT2D eigenvalue weighted by molar-refractivity contribution is -0.133. The molecule has 3 aromatic rings. The summed E-state index contributed by atoms with van der Waals surface area (Å²) in [7, 11) is 1.59. The molecule has 2 heterocycles. The molecule has 0 bridgehead atoms. The molecule has 2 aromatic heterocycles. The molecule has 134 valence electrons. The van der Waals surface area contributed by atoms with Crippen molar-refractivity contribution in [3.8, 4) is 0 Å². The predicted octanol–water partition coefficient (Wildman–Crippen LogP) is 3.09. The van der Waals surface area contributed by atoms with Crippen LogP contribution in [-0.4, -0.2) is 35.4 Å². The van der Waals surface area contributed by atoms with E-state index >= 15 is 0 Å². The molecule has 1 aromatic carbocycles. The third-order valence-corrected chi connectivity index (χ3v) is 3.92. The van der Waals surface area contributed by atoms with Crippen LogP contribution in [0.2, 0.25) is 0 Å². The van der Waals surface area contributed by atoms with Gasteiger partial charge in [-0.1, -0.05) is 0 Å². The van der Waals surface area contributed by atoms with Crippen LogP contribution in [0.1, 0.15) is 21.8 Å². The van der Waals surface area contributed by atoms with Crippen molar-refractivity contribution in [2.45, 2.75) is 13.5 Å². The second kappa shape index (κ2) is 7.35. The molecule has 0 aliphatic heterocycles. The number of halogens is 1. The highest BCUT2D eigenvalue weighted by atomic mass is 19.1. The molecule has 0 fully saturated rings. The van der Waals surface area contributed by atoms with E-state index in [2.05, 4.69) is 4.98 Å². The summed E-state index contributed by atoms with van der Waals surface area (Å²) in [6.45, 7) is 1.52. The molecule has 0 unspecified atom stereocenters. The first kappa shape index (κ1) is 17.6. The zero-order valence-electron chi connectivity index (χ0n) is 14.4. The number of nitrogens with zero attached hydrogens (tertiary/aromatic N) is 2. The maximum Gasteiger partial charge on any atom is 0.340 e. The summed E-state index contributed by atoms with van der Waals surface area (Å²) in [6.07, 6.45) is 1.52. The molecular formula is C19H17FN2O4. The van der Waals surface area contributed by atoms with Crippen molar-refractivity contribution in [3.63, 3.8) is 0 Å². The van der Waals surface area contributed by atoms with E-state index in [1.165, 1.54) is 29.4 Å². The Labute approximate surface area is 149 Å². The minimum absolute atomic E-state index is 0.241. The van der Waals surface area contributed by atoms with E-state index in [-0.39, 0.29) is 18.0 Å². The number of hydrogen-bond donors (Lipinski definition) is 0. The number of aryl methyl sites for hydroxylation is 1. The topological polar surface area (TPSA) is 72.6 Å². The molecule has 0 spiro atoms. The third kappa shape index (κ3) is 3.88. The summed E-state index contributed by atoms with van der Waals surface area (Å²) in [5.41, 5.74) is 1.10. The van der Waals surface area contributed by atoms with Gasteiger partial charge in [0.1, 0.15) is 11.6 Å². The number of hydrogen-bond acceptors (Lipinski definition) is 5. The number of pyridine rings is 1. The van der Waals surface area contributed by atoms with Crippen LogP contribution in [0.4, 0.5) is 4.39 Å². The molecule has 0 aliphatic carbocycles. The highest BCUT2D eigenvalue weighted by Gasteiger charge is 2.17. The molecular weight excluding hydrogens is 339 g/mol. The molecule has 0 saturated heterocycles. The van der Waals surface area contributed by atoms with Gasteiger partial charge in [-0.3, -0.25) is 9.78 Å². The van der Waals surface area contributed by atoms with Crippen LogP contribution in [0, 0.1) is 12.7 Å². The number of esters is 1. The number of likely N-dealkylation sites (N-methyl/N-ethyl adjacent to an activating group) is 1. The van der Waals surface area contributed by atoms with Gasteiger partial charge in [0.05, 0.1) is 29.6 Å². The molecule has 3 rings (SSSR count). The Morgan fingerprint density at radius 2 is 2.08 bits per heavy atom. The molecule has 0 radical (unpaired) electrons. The lowest BCUT2D eigenvalue weighted by atomic mass is 10.1. The van der Waals surface area contributed by atoms with Gasteiger partial charge < -0.3 is 14.1 Å². The quantitative estimate of drug-likeness (QED) is 0.657. The van der Waals surface area contributed by atoms with Gasteiger partial charge in [0.25, 0.3) is 5.91 Å². The van der Waals surface area contributed by atoms with Crippen molar-refractivity contribution in [1.82, 2.24) is 9.88 Å². The van der Waals surface area contributed by atoms with Crippen LogP contribution in [0.3, 0.4) is 0 Å². The number of fused-ring (bicyclic) bond motifs is 1. The van der Waals surface area contributed by atoms with Gasteiger partial charge in [0.15, 0.2) is 6.61 Å². The van der Waals surface area contributed by atoms with Crippen LogP contribution in [0.25, 0.3) is 10.9 Å². The Bertz CT molecular complexity index is 954. The van der Waals surface area contributed by atoms with Gasteiger partial charge >= 0.3 is 5.97 Å². The number of rotatable bonds is 5. The van der Waals surface area contributed by atoms with Crippen LogP contribution < -0.4 is 0 Å². The molecule has 26 heavy (non-hydrogen) atoms. The van der Waals surface area contributed by atoms with Gasteiger partial charge in [0.2, 0.25) is 0 Å². The van der Waals surface area contributed by atoms with Crippen molar-refractivity contribution >= 4 is 22.8 Å². The largest absolute Gasteiger partial charge is 0.467 e. The monoisotopic (exact) mass is 356 g/mol. The summed E-state index contributed by atoms with van der Waals surface area (Å²) >= 11 is 0. The van der Waals surface area contributed by atoms with Crippen LogP contribution in [0.15, 0.2) is 47.1 Å². The summed E-state index contributed by atoms with van der Waals surface area (Å²) < 4.78 is 23.6. The zero-order valence-corrected chi connectivity index (χ0v) is 14.4. The molecule has 0 aliphatic rings. The van der Waals surface area contributed by atoms with Gasteiger partial charge in [-0.2, -0.15) is 0 Å². The Kier molecular flexibility index (Phi) is 4.97. The highest BCUT2D eigenvalue weighted by Crippen LogP contribution is 2.18. The van der Waals surface area contributed by atoms with Crippen molar-refractivity contribution in [3.05, 3.63) is 65.5 Å². The molecule has 1 amide bonds. The van der Waals surface area contributed by atoms with E-state index in [1.807, 2.05) is 0 Å². The number of amides is 1. The summed E-state index contributed by atoms with van der Waals surface area (Å²) in [6, 6.07) is 9.19.